The van der Waals surface area contributed by atoms with Crippen molar-refractivity contribution in [3.8, 4) is 0 Å². The Morgan fingerprint density at radius 2 is 1.85 bits per heavy atom. The molecular weight excluding hydrogens is 251 g/mol. The lowest BCUT2D eigenvalue weighted by Crippen LogP contribution is -2.34. The Bertz CT molecular complexity index is 364. The molecular formula is C17H29FN2. The highest BCUT2D eigenvalue weighted by molar-refractivity contribution is 5.23. The Kier molecular flexibility index (Phi) is 7.78. The van der Waals surface area contributed by atoms with E-state index in [0.717, 1.165) is 30.1 Å². The Morgan fingerprint density at radius 3 is 2.45 bits per heavy atom. The molecule has 1 fully saturated rings. The molecule has 1 heterocycles. The van der Waals surface area contributed by atoms with Crippen LogP contribution in [-0.2, 0) is 6.54 Å². The summed E-state index contributed by atoms with van der Waals surface area (Å²) >= 11 is 0. The molecule has 0 amide bonds. The van der Waals surface area contributed by atoms with Crippen LogP contribution in [0.2, 0.25) is 0 Å². The van der Waals surface area contributed by atoms with Crippen molar-refractivity contribution in [1.29, 1.82) is 0 Å². The SMILES string of the molecule is CC.Cc1cc(F)cc(CNCC2CCN(C)CC2)c1. The molecule has 0 aliphatic carbocycles. The highest BCUT2D eigenvalue weighted by Crippen LogP contribution is 2.15. The molecule has 1 aliphatic heterocycles. The predicted molar refractivity (Wildman–Crippen MR) is 84.4 cm³/mol. The van der Waals surface area contributed by atoms with Gasteiger partial charge < -0.3 is 10.2 Å². The first-order valence-corrected chi connectivity index (χ1v) is 7.79. The first-order chi connectivity index (χ1) is 9.63. The van der Waals surface area contributed by atoms with Crippen molar-refractivity contribution in [3.05, 3.63) is 35.1 Å². The van der Waals surface area contributed by atoms with Crippen LogP contribution in [0, 0.1) is 18.7 Å². The van der Waals surface area contributed by atoms with Crippen LogP contribution in [0.3, 0.4) is 0 Å². The van der Waals surface area contributed by atoms with Crippen molar-refractivity contribution in [2.45, 2.75) is 40.2 Å². The molecule has 20 heavy (non-hydrogen) atoms. The van der Waals surface area contributed by atoms with Crippen LogP contribution in [0.25, 0.3) is 0 Å². The lowest BCUT2D eigenvalue weighted by atomic mass is 9.97. The molecule has 0 radical (unpaired) electrons. The maximum absolute atomic E-state index is 13.2. The van der Waals surface area contributed by atoms with Crippen LogP contribution in [0.5, 0.6) is 0 Å². The van der Waals surface area contributed by atoms with Gasteiger partial charge in [0.25, 0.3) is 0 Å². The summed E-state index contributed by atoms with van der Waals surface area (Å²) in [6.07, 6.45) is 2.54. The fourth-order valence-corrected chi connectivity index (χ4v) is 2.60. The molecule has 1 N–H and O–H groups in total. The average molecular weight is 280 g/mol. The number of aryl methyl sites for hydroxylation is 1. The number of hydrogen-bond donors (Lipinski definition) is 1. The third-order valence-corrected chi connectivity index (χ3v) is 3.70. The van der Waals surface area contributed by atoms with Crippen molar-refractivity contribution in [2.24, 2.45) is 5.92 Å². The zero-order valence-corrected chi connectivity index (χ0v) is 13.4. The molecule has 114 valence electrons. The van der Waals surface area contributed by atoms with E-state index in [0.29, 0.717) is 0 Å². The van der Waals surface area contributed by atoms with E-state index in [1.54, 1.807) is 12.1 Å². The van der Waals surface area contributed by atoms with Gasteiger partial charge in [-0.05, 0) is 75.6 Å². The van der Waals surface area contributed by atoms with Gasteiger partial charge in [0.1, 0.15) is 5.82 Å². The number of rotatable bonds is 4. The van der Waals surface area contributed by atoms with E-state index in [1.165, 1.54) is 25.9 Å². The topological polar surface area (TPSA) is 15.3 Å². The predicted octanol–water partition coefficient (Wildman–Crippen LogP) is 3.59. The monoisotopic (exact) mass is 280 g/mol. The first-order valence-electron chi connectivity index (χ1n) is 7.79. The van der Waals surface area contributed by atoms with Crippen LogP contribution in [-0.4, -0.2) is 31.6 Å². The van der Waals surface area contributed by atoms with Crippen LogP contribution in [0.1, 0.15) is 37.8 Å². The van der Waals surface area contributed by atoms with E-state index in [1.807, 2.05) is 26.8 Å². The standard InChI is InChI=1S/C15H23FN2.C2H6/c1-12-7-14(9-15(16)8-12)11-17-10-13-3-5-18(2)6-4-13;1-2/h7-9,13,17H,3-6,10-11H2,1-2H3;1-2H3. The lowest BCUT2D eigenvalue weighted by molar-refractivity contribution is 0.216. The van der Waals surface area contributed by atoms with Gasteiger partial charge in [0.2, 0.25) is 0 Å². The number of piperidine rings is 1. The van der Waals surface area contributed by atoms with Gasteiger partial charge in [-0.15, -0.1) is 0 Å². The molecule has 2 nitrogen and oxygen atoms in total. The number of likely N-dealkylation sites (tertiary alicyclic amines) is 1. The molecule has 1 saturated heterocycles. The second-order valence-corrected chi connectivity index (χ2v) is 5.51. The first kappa shape index (κ1) is 17.1. The minimum absolute atomic E-state index is 0.133. The van der Waals surface area contributed by atoms with Crippen molar-refractivity contribution < 1.29 is 4.39 Å². The molecule has 1 aliphatic rings. The Hall–Kier alpha value is -0.930. The van der Waals surface area contributed by atoms with Crippen molar-refractivity contribution in [1.82, 2.24) is 10.2 Å². The number of nitrogens with one attached hydrogen (secondary N) is 1. The maximum Gasteiger partial charge on any atom is 0.123 e. The van der Waals surface area contributed by atoms with Gasteiger partial charge in [0.15, 0.2) is 0 Å². The third kappa shape index (κ3) is 6.02. The van der Waals surface area contributed by atoms with E-state index in [-0.39, 0.29) is 5.82 Å². The summed E-state index contributed by atoms with van der Waals surface area (Å²) in [5.74, 6) is 0.641. The molecule has 0 unspecified atom stereocenters. The van der Waals surface area contributed by atoms with Gasteiger partial charge in [0.05, 0.1) is 0 Å². The fraction of sp³-hybridized carbons (Fsp3) is 0.647. The van der Waals surface area contributed by atoms with Gasteiger partial charge in [-0.25, -0.2) is 4.39 Å². The summed E-state index contributed by atoms with van der Waals surface area (Å²) in [5.41, 5.74) is 2.03. The van der Waals surface area contributed by atoms with E-state index in [9.17, 15) is 4.39 Å². The molecule has 0 spiro atoms. The number of hydrogen-bond acceptors (Lipinski definition) is 2. The molecule has 2 rings (SSSR count). The molecule has 0 saturated carbocycles. The summed E-state index contributed by atoms with van der Waals surface area (Å²) in [6.45, 7) is 10.1. The molecule has 1 aromatic rings. The van der Waals surface area contributed by atoms with Crippen molar-refractivity contribution in [3.63, 3.8) is 0 Å². The van der Waals surface area contributed by atoms with Gasteiger partial charge in [0, 0.05) is 6.54 Å². The highest BCUT2D eigenvalue weighted by Gasteiger charge is 2.15. The molecule has 3 heteroatoms. The van der Waals surface area contributed by atoms with E-state index >= 15 is 0 Å². The molecule has 0 aromatic heterocycles. The number of nitrogens with zero attached hydrogens (tertiary/aromatic N) is 1. The minimum Gasteiger partial charge on any atom is -0.312 e. The fourth-order valence-electron chi connectivity index (χ4n) is 2.60. The van der Waals surface area contributed by atoms with E-state index < -0.39 is 0 Å². The number of halogens is 1. The maximum atomic E-state index is 13.2. The largest absolute Gasteiger partial charge is 0.312 e. The molecule has 1 aromatic carbocycles. The summed E-state index contributed by atoms with van der Waals surface area (Å²) in [6, 6.07) is 5.24. The summed E-state index contributed by atoms with van der Waals surface area (Å²) in [7, 11) is 2.18. The van der Waals surface area contributed by atoms with Gasteiger partial charge in [-0.2, -0.15) is 0 Å². The Balaban J connectivity index is 0.000000956. The minimum atomic E-state index is -0.133. The van der Waals surface area contributed by atoms with Crippen molar-refractivity contribution >= 4 is 0 Å². The van der Waals surface area contributed by atoms with Crippen LogP contribution >= 0.6 is 0 Å². The van der Waals surface area contributed by atoms with E-state index in [4.69, 9.17) is 0 Å². The summed E-state index contributed by atoms with van der Waals surface area (Å²) in [4.78, 5) is 2.38. The second-order valence-electron chi connectivity index (χ2n) is 5.51. The summed E-state index contributed by atoms with van der Waals surface area (Å²) < 4.78 is 13.2. The number of benzene rings is 1. The Morgan fingerprint density at radius 1 is 1.20 bits per heavy atom. The smallest absolute Gasteiger partial charge is 0.123 e. The normalized spacial score (nSPS) is 16.6. The van der Waals surface area contributed by atoms with Crippen molar-refractivity contribution in [2.75, 3.05) is 26.7 Å². The zero-order chi connectivity index (χ0) is 15.0. The highest BCUT2D eigenvalue weighted by atomic mass is 19.1. The third-order valence-electron chi connectivity index (χ3n) is 3.70. The Labute approximate surface area is 123 Å². The zero-order valence-electron chi connectivity index (χ0n) is 13.4. The summed E-state index contributed by atoms with van der Waals surface area (Å²) in [5, 5.41) is 3.46. The van der Waals surface area contributed by atoms with E-state index in [2.05, 4.69) is 17.3 Å². The van der Waals surface area contributed by atoms with Crippen LogP contribution in [0.15, 0.2) is 18.2 Å². The van der Waals surface area contributed by atoms with Gasteiger partial charge in [-0.3, -0.25) is 0 Å². The molecule has 0 atom stereocenters. The quantitative estimate of drug-likeness (QED) is 0.906. The lowest BCUT2D eigenvalue weighted by Gasteiger charge is -2.29. The average Bonchev–Trinajstić information content (AvgIpc) is 2.42. The van der Waals surface area contributed by atoms with Gasteiger partial charge >= 0.3 is 0 Å². The van der Waals surface area contributed by atoms with Gasteiger partial charge in [-0.1, -0.05) is 19.9 Å². The molecule has 0 bridgehead atoms. The van der Waals surface area contributed by atoms with Crippen LogP contribution in [0.4, 0.5) is 4.39 Å². The van der Waals surface area contributed by atoms with Crippen LogP contribution < -0.4 is 5.32 Å². The second kappa shape index (κ2) is 9.09.